The van der Waals surface area contributed by atoms with Gasteiger partial charge in [-0.2, -0.15) is 0 Å². The van der Waals surface area contributed by atoms with Gasteiger partial charge in [0.05, 0.1) is 5.60 Å². The van der Waals surface area contributed by atoms with Gasteiger partial charge in [0.2, 0.25) is 0 Å². The fraction of sp³-hybridized carbons (Fsp3) is 0.636. The Labute approximate surface area is 89.2 Å². The Hall–Kier alpha value is -0.380. The van der Waals surface area contributed by atoms with Crippen molar-refractivity contribution in [2.75, 3.05) is 19.6 Å². The van der Waals surface area contributed by atoms with E-state index in [4.69, 9.17) is 0 Å². The van der Waals surface area contributed by atoms with Crippen LogP contribution in [0.5, 0.6) is 0 Å². The topological polar surface area (TPSA) is 23.5 Å². The Morgan fingerprint density at radius 1 is 1.64 bits per heavy atom. The quantitative estimate of drug-likeness (QED) is 0.823. The van der Waals surface area contributed by atoms with Gasteiger partial charge in [-0.15, -0.1) is 11.3 Å². The molecular formula is C11H17NOS. The number of nitrogens with zero attached hydrogens (tertiary/aromatic N) is 1. The average Bonchev–Trinajstić information content (AvgIpc) is 2.70. The van der Waals surface area contributed by atoms with Gasteiger partial charge in [-0.25, -0.2) is 0 Å². The molecular weight excluding hydrogens is 194 g/mol. The van der Waals surface area contributed by atoms with Crippen molar-refractivity contribution in [1.29, 1.82) is 0 Å². The summed E-state index contributed by atoms with van der Waals surface area (Å²) in [7, 11) is 0. The number of hydrogen-bond donors (Lipinski definition) is 1. The summed E-state index contributed by atoms with van der Waals surface area (Å²) in [6, 6.07) is 4.28. The summed E-state index contributed by atoms with van der Waals surface area (Å²) in [5.74, 6) is 0. The first-order chi connectivity index (χ1) is 6.66. The molecule has 1 unspecified atom stereocenters. The lowest BCUT2D eigenvalue weighted by molar-refractivity contribution is 0.0690. The van der Waals surface area contributed by atoms with Crippen molar-refractivity contribution in [3.8, 4) is 0 Å². The first-order valence-electron chi connectivity index (χ1n) is 5.13. The fourth-order valence-corrected chi connectivity index (χ4v) is 2.65. The molecule has 0 spiro atoms. The maximum atomic E-state index is 9.78. The minimum absolute atomic E-state index is 0.449. The van der Waals surface area contributed by atoms with E-state index in [1.807, 2.05) is 18.3 Å². The van der Waals surface area contributed by atoms with Crippen LogP contribution in [-0.2, 0) is 6.42 Å². The minimum atomic E-state index is -0.449. The van der Waals surface area contributed by atoms with Crippen LogP contribution < -0.4 is 0 Å². The zero-order valence-electron chi connectivity index (χ0n) is 8.57. The molecule has 1 atom stereocenters. The van der Waals surface area contributed by atoms with E-state index in [0.29, 0.717) is 0 Å². The number of thiophene rings is 1. The zero-order valence-corrected chi connectivity index (χ0v) is 9.39. The Balaban J connectivity index is 1.78. The van der Waals surface area contributed by atoms with E-state index in [0.717, 1.165) is 32.5 Å². The molecule has 1 fully saturated rings. The van der Waals surface area contributed by atoms with Crippen LogP contribution in [0.1, 0.15) is 18.2 Å². The summed E-state index contributed by atoms with van der Waals surface area (Å²) in [5, 5.41) is 11.9. The van der Waals surface area contributed by atoms with Crippen LogP contribution in [-0.4, -0.2) is 35.2 Å². The van der Waals surface area contributed by atoms with Gasteiger partial charge in [-0.1, -0.05) is 6.07 Å². The van der Waals surface area contributed by atoms with E-state index in [-0.39, 0.29) is 0 Å². The predicted molar refractivity (Wildman–Crippen MR) is 59.7 cm³/mol. The van der Waals surface area contributed by atoms with Gasteiger partial charge < -0.3 is 10.0 Å². The summed E-state index contributed by atoms with van der Waals surface area (Å²) >= 11 is 1.82. The molecule has 2 nitrogen and oxygen atoms in total. The number of rotatable bonds is 3. The van der Waals surface area contributed by atoms with Crippen molar-refractivity contribution < 1.29 is 5.11 Å². The Morgan fingerprint density at radius 2 is 2.50 bits per heavy atom. The molecule has 1 saturated heterocycles. The van der Waals surface area contributed by atoms with Gasteiger partial charge in [0.25, 0.3) is 0 Å². The highest BCUT2D eigenvalue weighted by atomic mass is 32.1. The molecule has 0 saturated carbocycles. The Kier molecular flexibility index (Phi) is 2.91. The molecule has 0 aliphatic carbocycles. The monoisotopic (exact) mass is 211 g/mol. The number of β-amino-alcohol motifs (C(OH)–C–C–N with tert-alkyl or cyclic N) is 1. The largest absolute Gasteiger partial charge is 0.389 e. The van der Waals surface area contributed by atoms with Gasteiger partial charge in [0, 0.05) is 24.5 Å². The summed E-state index contributed by atoms with van der Waals surface area (Å²) in [5.41, 5.74) is -0.449. The summed E-state index contributed by atoms with van der Waals surface area (Å²) < 4.78 is 0. The first-order valence-corrected chi connectivity index (χ1v) is 6.01. The van der Waals surface area contributed by atoms with E-state index in [1.165, 1.54) is 4.88 Å². The highest BCUT2D eigenvalue weighted by Gasteiger charge is 2.30. The molecule has 78 valence electrons. The minimum Gasteiger partial charge on any atom is -0.389 e. The second-order valence-electron chi connectivity index (χ2n) is 4.35. The average molecular weight is 211 g/mol. The van der Waals surface area contributed by atoms with E-state index < -0.39 is 5.60 Å². The van der Waals surface area contributed by atoms with Crippen molar-refractivity contribution in [2.24, 2.45) is 0 Å². The molecule has 1 aromatic heterocycles. The molecule has 0 aromatic carbocycles. The molecule has 14 heavy (non-hydrogen) atoms. The maximum Gasteiger partial charge on any atom is 0.0758 e. The smallest absolute Gasteiger partial charge is 0.0758 e. The van der Waals surface area contributed by atoms with Crippen molar-refractivity contribution in [1.82, 2.24) is 4.90 Å². The number of aliphatic hydroxyl groups is 1. The molecule has 0 amide bonds. The summed E-state index contributed by atoms with van der Waals surface area (Å²) in [4.78, 5) is 3.79. The van der Waals surface area contributed by atoms with Crippen LogP contribution in [0.15, 0.2) is 17.5 Å². The molecule has 1 N–H and O–H groups in total. The van der Waals surface area contributed by atoms with E-state index >= 15 is 0 Å². The van der Waals surface area contributed by atoms with Crippen molar-refractivity contribution in [2.45, 2.75) is 25.4 Å². The molecule has 1 aromatic rings. The second-order valence-corrected chi connectivity index (χ2v) is 5.38. The second kappa shape index (κ2) is 4.01. The summed E-state index contributed by atoms with van der Waals surface area (Å²) in [6.45, 7) is 4.88. The van der Waals surface area contributed by atoms with Gasteiger partial charge in [-0.05, 0) is 31.2 Å². The number of hydrogen-bond acceptors (Lipinski definition) is 3. The zero-order chi connectivity index (χ0) is 10.0. The molecule has 1 aliphatic rings. The lowest BCUT2D eigenvalue weighted by Crippen LogP contribution is -2.30. The molecule has 0 bridgehead atoms. The third-order valence-corrected chi connectivity index (χ3v) is 3.72. The standard InChI is InChI=1S/C11H17NOS/c1-11(13)5-7-12(9-11)6-4-10-3-2-8-14-10/h2-3,8,13H,4-7,9H2,1H3. The lowest BCUT2D eigenvalue weighted by Gasteiger charge is -2.18. The third-order valence-electron chi connectivity index (χ3n) is 2.79. The SMILES string of the molecule is CC1(O)CCN(CCc2cccs2)C1. The van der Waals surface area contributed by atoms with Crippen LogP contribution >= 0.6 is 11.3 Å². The normalized spacial score (nSPS) is 28.4. The molecule has 3 heteroatoms. The molecule has 2 rings (SSSR count). The van der Waals surface area contributed by atoms with Gasteiger partial charge in [-0.3, -0.25) is 0 Å². The first kappa shape index (κ1) is 10.1. The molecule has 0 radical (unpaired) electrons. The highest BCUT2D eigenvalue weighted by molar-refractivity contribution is 7.09. The number of likely N-dealkylation sites (tertiary alicyclic amines) is 1. The highest BCUT2D eigenvalue weighted by Crippen LogP contribution is 2.20. The van der Waals surface area contributed by atoms with E-state index in [2.05, 4.69) is 22.4 Å². The molecule has 2 heterocycles. The molecule has 1 aliphatic heterocycles. The van der Waals surface area contributed by atoms with Crippen molar-refractivity contribution >= 4 is 11.3 Å². The summed E-state index contributed by atoms with van der Waals surface area (Å²) in [6.07, 6.45) is 2.03. The van der Waals surface area contributed by atoms with Gasteiger partial charge in [0.15, 0.2) is 0 Å². The van der Waals surface area contributed by atoms with Crippen LogP contribution in [0, 0.1) is 0 Å². The van der Waals surface area contributed by atoms with Crippen molar-refractivity contribution in [3.63, 3.8) is 0 Å². The maximum absolute atomic E-state index is 9.78. The van der Waals surface area contributed by atoms with Crippen LogP contribution in [0.2, 0.25) is 0 Å². The van der Waals surface area contributed by atoms with Crippen LogP contribution in [0.3, 0.4) is 0 Å². The van der Waals surface area contributed by atoms with Gasteiger partial charge in [0.1, 0.15) is 0 Å². The van der Waals surface area contributed by atoms with E-state index in [9.17, 15) is 5.11 Å². The van der Waals surface area contributed by atoms with Gasteiger partial charge >= 0.3 is 0 Å². The fourth-order valence-electron chi connectivity index (χ4n) is 1.95. The Morgan fingerprint density at radius 3 is 3.07 bits per heavy atom. The van der Waals surface area contributed by atoms with Crippen LogP contribution in [0.4, 0.5) is 0 Å². The van der Waals surface area contributed by atoms with E-state index in [1.54, 1.807) is 0 Å². The van der Waals surface area contributed by atoms with Crippen LogP contribution in [0.25, 0.3) is 0 Å². The Bertz CT molecular complexity index is 281. The predicted octanol–water partition coefficient (Wildman–Crippen LogP) is 1.75. The third kappa shape index (κ3) is 2.56. The van der Waals surface area contributed by atoms with Crippen molar-refractivity contribution in [3.05, 3.63) is 22.4 Å². The lowest BCUT2D eigenvalue weighted by atomic mass is 10.1.